The van der Waals surface area contributed by atoms with Crippen molar-refractivity contribution < 1.29 is 4.74 Å². The van der Waals surface area contributed by atoms with Crippen LogP contribution in [-0.2, 0) is 0 Å². The summed E-state index contributed by atoms with van der Waals surface area (Å²) in [5, 5.41) is 3.44. The van der Waals surface area contributed by atoms with Crippen LogP contribution in [-0.4, -0.2) is 19.2 Å². The zero-order valence-electron chi connectivity index (χ0n) is 10.8. The molecule has 1 aromatic rings. The predicted molar refractivity (Wildman–Crippen MR) is 71.6 cm³/mol. The lowest BCUT2D eigenvalue weighted by molar-refractivity contribution is 0.345. The maximum atomic E-state index is 5.79. The van der Waals surface area contributed by atoms with Gasteiger partial charge in [-0.15, -0.1) is 0 Å². The summed E-state index contributed by atoms with van der Waals surface area (Å²) in [6.07, 6.45) is 2.62. The van der Waals surface area contributed by atoms with Crippen LogP contribution in [0.4, 0.5) is 0 Å². The molecule has 0 heterocycles. The first-order valence-electron chi connectivity index (χ1n) is 6.25. The first-order chi connectivity index (χ1) is 8.15. The summed E-state index contributed by atoms with van der Waals surface area (Å²) in [6, 6.07) is 7.01. The molecule has 1 N–H and O–H groups in total. The molecule has 1 saturated carbocycles. The average Bonchev–Trinajstić information content (AvgIpc) is 3.11. The smallest absolute Gasteiger partial charge is 0.122 e. The van der Waals surface area contributed by atoms with Gasteiger partial charge < -0.3 is 10.1 Å². The number of rotatable bonds is 6. The quantitative estimate of drug-likeness (QED) is 0.760. The van der Waals surface area contributed by atoms with E-state index in [1.54, 1.807) is 0 Å². The molecule has 0 unspecified atom stereocenters. The van der Waals surface area contributed by atoms with Crippen molar-refractivity contribution in [2.24, 2.45) is 0 Å². The fourth-order valence-electron chi connectivity index (χ4n) is 1.67. The van der Waals surface area contributed by atoms with E-state index < -0.39 is 0 Å². The van der Waals surface area contributed by atoms with Crippen LogP contribution >= 0.6 is 0 Å². The summed E-state index contributed by atoms with van der Waals surface area (Å²) >= 11 is 0. The van der Waals surface area contributed by atoms with Crippen molar-refractivity contribution in [2.45, 2.75) is 32.7 Å². The lowest BCUT2D eigenvalue weighted by Crippen LogP contribution is -2.21. The van der Waals surface area contributed by atoms with Gasteiger partial charge in [0.25, 0.3) is 0 Å². The Morgan fingerprint density at radius 2 is 2.18 bits per heavy atom. The van der Waals surface area contributed by atoms with Crippen LogP contribution in [0.2, 0.25) is 0 Å². The van der Waals surface area contributed by atoms with Crippen LogP contribution in [0.1, 0.15) is 24.0 Å². The molecular formula is C15H21NO. The van der Waals surface area contributed by atoms with E-state index in [4.69, 9.17) is 4.74 Å². The number of hydrogen-bond acceptors (Lipinski definition) is 2. The van der Waals surface area contributed by atoms with Crippen LogP contribution in [0.3, 0.4) is 0 Å². The van der Waals surface area contributed by atoms with Crippen LogP contribution < -0.4 is 10.1 Å². The number of ether oxygens (including phenoxy) is 1. The summed E-state index contributed by atoms with van der Waals surface area (Å²) in [6.45, 7) is 9.65. The van der Waals surface area contributed by atoms with Crippen molar-refractivity contribution in [1.82, 2.24) is 5.32 Å². The van der Waals surface area contributed by atoms with E-state index >= 15 is 0 Å². The standard InChI is InChI=1S/C15H21NO/c1-11-4-5-13(3)15(8-11)17-10-12(2)9-16-14-6-7-14/h4-5,8,14,16H,2,6-7,9-10H2,1,3H3. The molecule has 0 amide bonds. The Morgan fingerprint density at radius 1 is 1.41 bits per heavy atom. The molecule has 92 valence electrons. The third kappa shape index (κ3) is 3.90. The van der Waals surface area contributed by atoms with Gasteiger partial charge in [0.2, 0.25) is 0 Å². The minimum absolute atomic E-state index is 0.601. The lowest BCUT2D eigenvalue weighted by atomic mass is 10.1. The van der Waals surface area contributed by atoms with Gasteiger partial charge in [0.15, 0.2) is 0 Å². The SMILES string of the molecule is C=C(CNC1CC1)COc1cc(C)ccc1C. The first-order valence-corrected chi connectivity index (χ1v) is 6.25. The normalized spacial score (nSPS) is 14.7. The summed E-state index contributed by atoms with van der Waals surface area (Å²) in [5.74, 6) is 0.970. The van der Waals surface area contributed by atoms with Gasteiger partial charge in [-0.3, -0.25) is 0 Å². The van der Waals surface area contributed by atoms with Crippen molar-refractivity contribution in [3.63, 3.8) is 0 Å². The third-order valence-corrected chi connectivity index (χ3v) is 2.99. The average molecular weight is 231 g/mol. The summed E-state index contributed by atoms with van der Waals surface area (Å²) in [4.78, 5) is 0. The van der Waals surface area contributed by atoms with Gasteiger partial charge in [-0.2, -0.15) is 0 Å². The summed E-state index contributed by atoms with van der Waals surface area (Å²) < 4.78 is 5.79. The molecule has 17 heavy (non-hydrogen) atoms. The topological polar surface area (TPSA) is 21.3 Å². The van der Waals surface area contributed by atoms with Gasteiger partial charge in [-0.05, 0) is 49.5 Å². The summed E-state index contributed by atoms with van der Waals surface area (Å²) in [7, 11) is 0. The molecule has 0 aromatic heterocycles. The molecule has 2 rings (SSSR count). The molecule has 2 heteroatoms. The van der Waals surface area contributed by atoms with E-state index in [0.717, 1.165) is 23.9 Å². The zero-order valence-corrected chi connectivity index (χ0v) is 10.8. The minimum Gasteiger partial charge on any atom is -0.489 e. The molecule has 1 aromatic carbocycles. The molecule has 1 aliphatic rings. The molecule has 0 aliphatic heterocycles. The van der Waals surface area contributed by atoms with E-state index in [9.17, 15) is 0 Å². The van der Waals surface area contributed by atoms with Crippen molar-refractivity contribution >= 4 is 0 Å². The highest BCUT2D eigenvalue weighted by molar-refractivity contribution is 5.36. The Hall–Kier alpha value is -1.28. The largest absolute Gasteiger partial charge is 0.489 e. The maximum absolute atomic E-state index is 5.79. The van der Waals surface area contributed by atoms with Crippen LogP contribution in [0, 0.1) is 13.8 Å². The molecule has 1 fully saturated rings. The molecule has 1 aliphatic carbocycles. The molecular weight excluding hydrogens is 210 g/mol. The fraction of sp³-hybridized carbons (Fsp3) is 0.467. The van der Waals surface area contributed by atoms with Gasteiger partial charge in [-0.1, -0.05) is 18.7 Å². The van der Waals surface area contributed by atoms with Gasteiger partial charge in [-0.25, -0.2) is 0 Å². The maximum Gasteiger partial charge on any atom is 0.122 e. The Bertz CT molecular complexity index is 407. The van der Waals surface area contributed by atoms with Gasteiger partial charge >= 0.3 is 0 Å². The van der Waals surface area contributed by atoms with Crippen molar-refractivity contribution in [1.29, 1.82) is 0 Å². The van der Waals surface area contributed by atoms with Crippen molar-refractivity contribution in [3.05, 3.63) is 41.5 Å². The number of benzene rings is 1. The molecule has 0 radical (unpaired) electrons. The van der Waals surface area contributed by atoms with E-state index in [2.05, 4.69) is 43.9 Å². The second kappa shape index (κ2) is 5.37. The van der Waals surface area contributed by atoms with Gasteiger partial charge in [0.1, 0.15) is 12.4 Å². The Morgan fingerprint density at radius 3 is 2.88 bits per heavy atom. The predicted octanol–water partition coefficient (Wildman–Crippen LogP) is 2.99. The van der Waals surface area contributed by atoms with Gasteiger partial charge in [0, 0.05) is 12.6 Å². The third-order valence-electron chi connectivity index (χ3n) is 2.99. The highest BCUT2D eigenvalue weighted by atomic mass is 16.5. The van der Waals surface area contributed by atoms with Gasteiger partial charge in [0.05, 0.1) is 0 Å². The fourth-order valence-corrected chi connectivity index (χ4v) is 1.67. The molecule has 0 bridgehead atoms. The number of hydrogen-bond donors (Lipinski definition) is 1. The van der Waals surface area contributed by atoms with E-state index in [1.165, 1.54) is 24.0 Å². The Balaban J connectivity index is 1.79. The molecule has 0 atom stereocenters. The lowest BCUT2D eigenvalue weighted by Gasteiger charge is -2.12. The number of nitrogens with one attached hydrogen (secondary N) is 1. The van der Waals surface area contributed by atoms with E-state index in [0.29, 0.717) is 6.61 Å². The Kier molecular flexibility index (Phi) is 3.85. The minimum atomic E-state index is 0.601. The highest BCUT2D eigenvalue weighted by Crippen LogP contribution is 2.20. The number of aryl methyl sites for hydroxylation is 2. The Labute approximate surface area is 104 Å². The monoisotopic (exact) mass is 231 g/mol. The van der Waals surface area contributed by atoms with Crippen LogP contribution in [0.15, 0.2) is 30.4 Å². The molecule has 0 spiro atoms. The highest BCUT2D eigenvalue weighted by Gasteiger charge is 2.20. The molecule has 2 nitrogen and oxygen atoms in total. The van der Waals surface area contributed by atoms with E-state index in [-0.39, 0.29) is 0 Å². The van der Waals surface area contributed by atoms with Crippen LogP contribution in [0.5, 0.6) is 5.75 Å². The zero-order chi connectivity index (χ0) is 12.3. The second-order valence-electron chi connectivity index (χ2n) is 4.96. The van der Waals surface area contributed by atoms with Crippen molar-refractivity contribution in [3.8, 4) is 5.75 Å². The van der Waals surface area contributed by atoms with Crippen molar-refractivity contribution in [2.75, 3.05) is 13.2 Å². The van der Waals surface area contributed by atoms with Crippen LogP contribution in [0.25, 0.3) is 0 Å². The molecule has 0 saturated heterocycles. The summed E-state index contributed by atoms with van der Waals surface area (Å²) in [5.41, 5.74) is 3.52. The second-order valence-corrected chi connectivity index (χ2v) is 4.96. The first kappa shape index (κ1) is 12.2. The van der Waals surface area contributed by atoms with E-state index in [1.807, 2.05) is 0 Å².